The fourth-order valence-corrected chi connectivity index (χ4v) is 2.42. The summed E-state index contributed by atoms with van der Waals surface area (Å²) in [5.74, 6) is 0.800. The van der Waals surface area contributed by atoms with Crippen LogP contribution in [0.2, 0.25) is 0 Å². The summed E-state index contributed by atoms with van der Waals surface area (Å²) in [6.07, 6.45) is 3.25. The van der Waals surface area contributed by atoms with E-state index < -0.39 is 0 Å². The van der Waals surface area contributed by atoms with Crippen molar-refractivity contribution in [3.63, 3.8) is 0 Å². The second kappa shape index (κ2) is 5.45. The van der Waals surface area contributed by atoms with Crippen LogP contribution < -0.4 is 5.56 Å². The van der Waals surface area contributed by atoms with Gasteiger partial charge in [0.15, 0.2) is 0 Å². The summed E-state index contributed by atoms with van der Waals surface area (Å²) in [4.78, 5) is 22.2. The number of rotatable bonds is 3. The van der Waals surface area contributed by atoms with E-state index in [2.05, 4.69) is 37.6 Å². The Bertz CT molecular complexity index is 499. The molecule has 2 heterocycles. The molecule has 0 unspecified atom stereocenters. The summed E-state index contributed by atoms with van der Waals surface area (Å²) in [6.45, 7) is 11.4. The van der Waals surface area contributed by atoms with Gasteiger partial charge in [-0.2, -0.15) is 0 Å². The third-order valence-electron chi connectivity index (χ3n) is 3.69. The van der Waals surface area contributed by atoms with Crippen molar-refractivity contribution < 1.29 is 0 Å². The van der Waals surface area contributed by atoms with Crippen LogP contribution in [-0.4, -0.2) is 28.0 Å². The molecule has 2 rings (SSSR count). The van der Waals surface area contributed by atoms with Crippen molar-refractivity contribution >= 4 is 0 Å². The molecular weight excluding hydrogens is 238 g/mol. The number of nitrogens with one attached hydrogen (secondary N) is 1. The number of aromatic amines is 1. The lowest BCUT2D eigenvalue weighted by atomic mass is 9.95. The van der Waals surface area contributed by atoms with Crippen LogP contribution in [0.4, 0.5) is 0 Å². The Kier molecular flexibility index (Phi) is 4.09. The molecule has 0 amide bonds. The van der Waals surface area contributed by atoms with Gasteiger partial charge in [-0.1, -0.05) is 34.1 Å². The SMILES string of the molecule is CCCCN1CCc2c(nc(C(C)(C)C)[nH]c2=O)C1. The van der Waals surface area contributed by atoms with E-state index in [0.717, 1.165) is 43.1 Å². The first-order valence-corrected chi connectivity index (χ1v) is 7.26. The molecule has 0 aliphatic carbocycles. The van der Waals surface area contributed by atoms with Gasteiger partial charge < -0.3 is 4.98 Å². The van der Waals surface area contributed by atoms with Crippen molar-refractivity contribution in [2.45, 2.75) is 58.9 Å². The van der Waals surface area contributed by atoms with Gasteiger partial charge in [-0.05, 0) is 19.4 Å². The number of unbranched alkanes of at least 4 members (excludes halogenated alkanes) is 1. The second-order valence-corrected chi connectivity index (χ2v) is 6.47. The molecule has 4 nitrogen and oxygen atoms in total. The van der Waals surface area contributed by atoms with Gasteiger partial charge in [0.1, 0.15) is 5.82 Å². The van der Waals surface area contributed by atoms with Crippen LogP contribution in [0.25, 0.3) is 0 Å². The van der Waals surface area contributed by atoms with Gasteiger partial charge in [0.2, 0.25) is 0 Å². The summed E-state index contributed by atoms with van der Waals surface area (Å²) in [5, 5.41) is 0. The van der Waals surface area contributed by atoms with Gasteiger partial charge >= 0.3 is 0 Å². The largest absolute Gasteiger partial charge is 0.310 e. The first-order valence-electron chi connectivity index (χ1n) is 7.26. The van der Waals surface area contributed by atoms with E-state index in [1.54, 1.807) is 0 Å². The van der Waals surface area contributed by atoms with E-state index >= 15 is 0 Å². The van der Waals surface area contributed by atoms with Crippen LogP contribution in [0.15, 0.2) is 4.79 Å². The van der Waals surface area contributed by atoms with Crippen molar-refractivity contribution in [1.82, 2.24) is 14.9 Å². The molecule has 1 aromatic rings. The Morgan fingerprint density at radius 1 is 1.37 bits per heavy atom. The van der Waals surface area contributed by atoms with Gasteiger partial charge in [0, 0.05) is 24.1 Å². The zero-order valence-corrected chi connectivity index (χ0v) is 12.5. The predicted octanol–water partition coefficient (Wildman–Crippen LogP) is 2.23. The molecule has 0 saturated carbocycles. The maximum absolute atomic E-state index is 12.1. The van der Waals surface area contributed by atoms with Crippen molar-refractivity contribution in [1.29, 1.82) is 0 Å². The van der Waals surface area contributed by atoms with E-state index in [4.69, 9.17) is 4.98 Å². The molecule has 19 heavy (non-hydrogen) atoms. The first-order chi connectivity index (χ1) is 8.91. The molecule has 1 aromatic heterocycles. The van der Waals surface area contributed by atoms with E-state index in [-0.39, 0.29) is 11.0 Å². The monoisotopic (exact) mass is 263 g/mol. The molecule has 106 valence electrons. The third kappa shape index (κ3) is 3.24. The molecule has 4 heteroatoms. The smallest absolute Gasteiger partial charge is 0.254 e. The lowest BCUT2D eigenvalue weighted by molar-refractivity contribution is 0.244. The minimum Gasteiger partial charge on any atom is -0.310 e. The second-order valence-electron chi connectivity index (χ2n) is 6.47. The number of hydrogen-bond donors (Lipinski definition) is 1. The topological polar surface area (TPSA) is 49.0 Å². The number of fused-ring (bicyclic) bond motifs is 1. The molecule has 1 N–H and O–H groups in total. The third-order valence-corrected chi connectivity index (χ3v) is 3.69. The highest BCUT2D eigenvalue weighted by Gasteiger charge is 2.24. The molecular formula is C15H25N3O. The van der Waals surface area contributed by atoms with Gasteiger partial charge in [-0.25, -0.2) is 4.98 Å². The van der Waals surface area contributed by atoms with Crippen LogP contribution in [0, 0.1) is 0 Å². The maximum Gasteiger partial charge on any atom is 0.254 e. The predicted molar refractivity (Wildman–Crippen MR) is 77.4 cm³/mol. The van der Waals surface area contributed by atoms with Crippen molar-refractivity contribution in [3.8, 4) is 0 Å². The molecule has 0 atom stereocenters. The molecule has 0 fully saturated rings. The number of nitrogens with zero attached hydrogens (tertiary/aromatic N) is 2. The number of hydrogen-bond acceptors (Lipinski definition) is 3. The number of H-pyrrole nitrogens is 1. The molecule has 0 saturated heterocycles. The molecule has 1 aliphatic heterocycles. The van der Waals surface area contributed by atoms with Gasteiger partial charge in [-0.3, -0.25) is 9.69 Å². The average molecular weight is 263 g/mol. The molecule has 0 bridgehead atoms. The maximum atomic E-state index is 12.1. The van der Waals surface area contributed by atoms with Crippen molar-refractivity contribution in [2.75, 3.05) is 13.1 Å². The Balaban J connectivity index is 2.27. The van der Waals surface area contributed by atoms with Crippen LogP contribution in [0.3, 0.4) is 0 Å². The summed E-state index contributed by atoms with van der Waals surface area (Å²) in [5.41, 5.74) is 1.82. The quantitative estimate of drug-likeness (QED) is 0.909. The fraction of sp³-hybridized carbons (Fsp3) is 0.733. The highest BCUT2D eigenvalue weighted by molar-refractivity contribution is 5.22. The average Bonchev–Trinajstić information content (AvgIpc) is 2.34. The normalized spacial score (nSPS) is 16.4. The van der Waals surface area contributed by atoms with Crippen LogP contribution in [0.5, 0.6) is 0 Å². The highest BCUT2D eigenvalue weighted by Crippen LogP contribution is 2.20. The Morgan fingerprint density at radius 2 is 2.11 bits per heavy atom. The van der Waals surface area contributed by atoms with Gasteiger partial charge in [-0.15, -0.1) is 0 Å². The minimum absolute atomic E-state index is 0.0602. The zero-order chi connectivity index (χ0) is 14.0. The first kappa shape index (κ1) is 14.3. The van der Waals surface area contributed by atoms with Crippen LogP contribution in [0.1, 0.15) is 57.6 Å². The molecule has 0 spiro atoms. The summed E-state index contributed by atoms with van der Waals surface area (Å²) < 4.78 is 0. The molecule has 1 aliphatic rings. The lowest BCUT2D eigenvalue weighted by Gasteiger charge is -2.28. The van der Waals surface area contributed by atoms with Crippen molar-refractivity contribution in [3.05, 3.63) is 27.4 Å². The molecule has 0 aromatic carbocycles. The summed E-state index contributed by atoms with van der Waals surface area (Å²) >= 11 is 0. The summed E-state index contributed by atoms with van der Waals surface area (Å²) in [6, 6.07) is 0. The Hall–Kier alpha value is -1.16. The van der Waals surface area contributed by atoms with E-state index in [1.165, 1.54) is 12.8 Å². The molecule has 0 radical (unpaired) electrons. The van der Waals surface area contributed by atoms with Crippen LogP contribution >= 0.6 is 0 Å². The summed E-state index contributed by atoms with van der Waals surface area (Å²) in [7, 11) is 0. The van der Waals surface area contributed by atoms with Gasteiger partial charge in [0.05, 0.1) is 5.69 Å². The standard InChI is InChI=1S/C15H25N3O/c1-5-6-8-18-9-7-11-12(10-18)16-14(15(2,3)4)17-13(11)19/h5-10H2,1-4H3,(H,16,17,19). The van der Waals surface area contributed by atoms with E-state index in [0.29, 0.717) is 0 Å². The Labute approximate surface area is 115 Å². The van der Waals surface area contributed by atoms with Crippen molar-refractivity contribution in [2.24, 2.45) is 0 Å². The van der Waals surface area contributed by atoms with Crippen LogP contribution in [-0.2, 0) is 18.4 Å². The minimum atomic E-state index is -0.111. The number of aromatic nitrogens is 2. The van der Waals surface area contributed by atoms with Gasteiger partial charge in [0.25, 0.3) is 5.56 Å². The van der Waals surface area contributed by atoms with E-state index in [1.807, 2.05) is 0 Å². The zero-order valence-electron chi connectivity index (χ0n) is 12.5. The highest BCUT2D eigenvalue weighted by atomic mass is 16.1. The Morgan fingerprint density at radius 3 is 2.74 bits per heavy atom. The van der Waals surface area contributed by atoms with E-state index in [9.17, 15) is 4.79 Å². The lowest BCUT2D eigenvalue weighted by Crippen LogP contribution is -2.37. The fourth-order valence-electron chi connectivity index (χ4n) is 2.42.